The Morgan fingerprint density at radius 2 is 0.844 bits per heavy atom. The number of fused-ring (bicyclic) bond motifs is 4. The molecule has 64 heavy (non-hydrogen) atoms. The topological polar surface area (TPSA) is 326 Å². The van der Waals surface area contributed by atoms with E-state index < -0.39 is 104 Å². The third-order valence-electron chi connectivity index (χ3n) is 11.2. The molecule has 4 aliphatic rings. The second kappa shape index (κ2) is 17.9. The number of carbonyl (C=O) groups excluding carboxylic acids is 4. The average Bonchev–Trinajstić information content (AvgIpc) is 3.26. The summed E-state index contributed by atoms with van der Waals surface area (Å²) < 4.78 is 32.3. The van der Waals surface area contributed by atoms with E-state index in [1.165, 1.54) is 62.8 Å². The van der Waals surface area contributed by atoms with Crippen molar-refractivity contribution in [2.75, 3.05) is 27.4 Å². The number of hydrogen-bond acceptors (Lipinski definition) is 20. The Bertz CT molecular complexity index is 2530. The molecule has 0 amide bonds. The third-order valence-corrected chi connectivity index (χ3v) is 11.2. The number of aliphatic hydroxyl groups is 8. The summed E-state index contributed by atoms with van der Waals surface area (Å²) >= 11 is 0. The van der Waals surface area contributed by atoms with Gasteiger partial charge in [0, 0.05) is 34.4 Å². The molecular formula is C44H44O20. The van der Waals surface area contributed by atoms with Crippen molar-refractivity contribution in [2.45, 2.75) is 75.3 Å². The van der Waals surface area contributed by atoms with Gasteiger partial charge in [0.1, 0.15) is 83.3 Å². The molecule has 0 saturated carbocycles. The quantitative estimate of drug-likeness (QED) is 0.0905. The molecule has 0 radical (unpaired) electrons. The van der Waals surface area contributed by atoms with Gasteiger partial charge in [-0.1, -0.05) is 0 Å². The van der Waals surface area contributed by atoms with Gasteiger partial charge in [-0.2, -0.15) is 0 Å². The predicted octanol–water partition coefficient (Wildman–Crippen LogP) is -0.673. The maximum absolute atomic E-state index is 13.3. The van der Waals surface area contributed by atoms with Crippen molar-refractivity contribution in [3.8, 4) is 34.5 Å². The molecule has 4 aromatic rings. The van der Waals surface area contributed by atoms with Gasteiger partial charge in [0.2, 0.25) is 24.1 Å². The standard InChI is InChI=1S/2C22H22O10/c1-8-3-10-16(19(27)15-11(17(10)25)5-9(30-2)6-12(15)24)13(4-8)31-22-21(29)20(28)18(26)14(7-23)32-22;1-8-3-10-15(12(24)4-8)19(27)16-11(17(10)25)5-9(30-2)6-13(16)31-22-21(29)20(28)18(26)14(7-23)32-22/h2*3-6,14,18,20-24,26,28-29H,7H2,1-2H3/t2*14-,18-,20+,21-,22-/m11/s1. The summed E-state index contributed by atoms with van der Waals surface area (Å²) in [5, 5.41) is 100. The highest BCUT2D eigenvalue weighted by molar-refractivity contribution is 6.31. The molecule has 0 spiro atoms. The Labute approximate surface area is 362 Å². The smallest absolute Gasteiger partial charge is 0.229 e. The zero-order chi connectivity index (χ0) is 46.6. The normalized spacial score (nSPS) is 27.0. The molecule has 2 heterocycles. The van der Waals surface area contributed by atoms with Crippen LogP contribution in [0.15, 0.2) is 48.5 Å². The monoisotopic (exact) mass is 892 g/mol. The minimum absolute atomic E-state index is 0.0229. The summed E-state index contributed by atoms with van der Waals surface area (Å²) in [5.74, 6) is -3.19. The molecule has 10 N–H and O–H groups in total. The van der Waals surface area contributed by atoms with Crippen LogP contribution in [0.25, 0.3) is 0 Å². The fourth-order valence-corrected chi connectivity index (χ4v) is 7.92. The molecule has 2 saturated heterocycles. The molecule has 2 fully saturated rings. The fraction of sp³-hybridized carbons (Fsp3) is 0.364. The van der Waals surface area contributed by atoms with E-state index in [1.807, 2.05) is 0 Å². The van der Waals surface area contributed by atoms with Gasteiger partial charge < -0.3 is 79.5 Å². The second-order valence-corrected chi connectivity index (χ2v) is 15.5. The number of ketones is 4. The van der Waals surface area contributed by atoms with Gasteiger partial charge in [0.15, 0.2) is 11.6 Å². The summed E-state index contributed by atoms with van der Waals surface area (Å²) in [6, 6.07) is 11.0. The number of carbonyl (C=O) groups is 4. The number of aliphatic hydroxyl groups excluding tert-OH is 8. The van der Waals surface area contributed by atoms with E-state index >= 15 is 0 Å². The summed E-state index contributed by atoms with van der Waals surface area (Å²) in [4.78, 5) is 52.9. The lowest BCUT2D eigenvalue weighted by atomic mass is 9.82. The number of aromatic hydroxyl groups is 2. The fourth-order valence-electron chi connectivity index (χ4n) is 7.92. The molecule has 340 valence electrons. The first-order chi connectivity index (χ1) is 30.3. The van der Waals surface area contributed by atoms with Crippen LogP contribution < -0.4 is 18.9 Å². The van der Waals surface area contributed by atoms with Crippen molar-refractivity contribution >= 4 is 23.1 Å². The molecule has 2 aliphatic carbocycles. The lowest BCUT2D eigenvalue weighted by molar-refractivity contribution is -0.277. The van der Waals surface area contributed by atoms with E-state index in [0.717, 1.165) is 0 Å². The maximum Gasteiger partial charge on any atom is 0.229 e. The largest absolute Gasteiger partial charge is 0.507 e. The van der Waals surface area contributed by atoms with Gasteiger partial charge in [-0.15, -0.1) is 0 Å². The molecule has 8 rings (SSSR count). The highest BCUT2D eigenvalue weighted by atomic mass is 16.7. The van der Waals surface area contributed by atoms with Gasteiger partial charge in [0.05, 0.1) is 49.7 Å². The first kappa shape index (κ1) is 46.0. The first-order valence-electron chi connectivity index (χ1n) is 19.6. The van der Waals surface area contributed by atoms with Gasteiger partial charge in [0.25, 0.3) is 0 Å². The second-order valence-electron chi connectivity index (χ2n) is 15.5. The van der Waals surface area contributed by atoms with Crippen LogP contribution in [0.1, 0.15) is 74.8 Å². The Morgan fingerprint density at radius 3 is 1.30 bits per heavy atom. The highest BCUT2D eigenvalue weighted by Crippen LogP contribution is 2.43. The summed E-state index contributed by atoms with van der Waals surface area (Å²) in [6.07, 6.45) is -15.6. The zero-order valence-corrected chi connectivity index (χ0v) is 34.4. The lowest BCUT2D eigenvalue weighted by Gasteiger charge is -2.39. The number of rotatable bonds is 8. The molecule has 20 nitrogen and oxygen atoms in total. The predicted molar refractivity (Wildman–Crippen MR) is 214 cm³/mol. The number of aryl methyl sites for hydroxylation is 2. The molecule has 0 aromatic heterocycles. The van der Waals surface area contributed by atoms with E-state index in [9.17, 15) is 70.2 Å². The van der Waals surface area contributed by atoms with Gasteiger partial charge in [-0.3, -0.25) is 19.2 Å². The molecule has 10 atom stereocenters. The van der Waals surface area contributed by atoms with Gasteiger partial charge >= 0.3 is 0 Å². The molecule has 0 bridgehead atoms. The molecular weight excluding hydrogens is 848 g/mol. The van der Waals surface area contributed by atoms with Crippen LogP contribution in [-0.4, -0.2) is 163 Å². The van der Waals surface area contributed by atoms with Crippen LogP contribution in [0, 0.1) is 13.8 Å². The van der Waals surface area contributed by atoms with Crippen molar-refractivity contribution < 1.29 is 98.7 Å². The Kier molecular flexibility index (Phi) is 12.8. The molecule has 4 aromatic carbocycles. The lowest BCUT2D eigenvalue weighted by Crippen LogP contribution is -2.60. The number of methoxy groups -OCH3 is 2. The van der Waals surface area contributed by atoms with Crippen LogP contribution in [0.2, 0.25) is 0 Å². The zero-order valence-electron chi connectivity index (χ0n) is 34.4. The van der Waals surface area contributed by atoms with E-state index in [1.54, 1.807) is 13.8 Å². The first-order valence-corrected chi connectivity index (χ1v) is 19.6. The number of phenols is 2. The molecule has 20 heteroatoms. The minimum atomic E-state index is -1.73. The van der Waals surface area contributed by atoms with E-state index in [2.05, 4.69) is 0 Å². The van der Waals surface area contributed by atoms with Crippen molar-refractivity contribution in [1.29, 1.82) is 0 Å². The number of benzene rings is 4. The van der Waals surface area contributed by atoms with E-state index in [0.29, 0.717) is 11.1 Å². The van der Waals surface area contributed by atoms with Crippen molar-refractivity contribution in [3.63, 3.8) is 0 Å². The number of hydrogen-bond donors (Lipinski definition) is 10. The SMILES string of the molecule is COc1cc(O)c2c(c1)C(=O)c1cc(C)cc(O[C@@H]3O[C@H](CO)[C@@H](O)[C@H](O)[C@H]3O)c1C2=O.COc1cc(O[C@@H]2O[C@H](CO)[C@@H](O)[C@H](O)[C@H]2O)c2c(c1)C(=O)c1cc(C)cc(O)c1C2=O. The van der Waals surface area contributed by atoms with E-state index in [-0.39, 0.29) is 73.3 Å². The van der Waals surface area contributed by atoms with Crippen LogP contribution in [-0.2, 0) is 9.47 Å². The average molecular weight is 893 g/mol. The van der Waals surface area contributed by atoms with Crippen LogP contribution in [0.3, 0.4) is 0 Å². The van der Waals surface area contributed by atoms with Gasteiger partial charge in [-0.05, 0) is 61.4 Å². The summed E-state index contributed by atoms with van der Waals surface area (Å²) in [5.41, 5.74) is 0.413. The van der Waals surface area contributed by atoms with Crippen molar-refractivity contribution in [2.24, 2.45) is 0 Å². The summed E-state index contributed by atoms with van der Waals surface area (Å²) in [7, 11) is 2.71. The van der Waals surface area contributed by atoms with Crippen LogP contribution in [0.4, 0.5) is 0 Å². The molecule has 2 aliphatic heterocycles. The number of ether oxygens (including phenoxy) is 6. The number of phenolic OH excluding ortho intramolecular Hbond substituents is 2. The maximum atomic E-state index is 13.3. The Hall–Kier alpha value is -6.04. The van der Waals surface area contributed by atoms with Crippen LogP contribution in [0.5, 0.6) is 34.5 Å². The Balaban J connectivity index is 0.000000191. The highest BCUT2D eigenvalue weighted by Gasteiger charge is 2.47. The minimum Gasteiger partial charge on any atom is -0.507 e. The van der Waals surface area contributed by atoms with E-state index in [4.69, 9.17) is 28.4 Å². The Morgan fingerprint density at radius 1 is 0.469 bits per heavy atom. The van der Waals surface area contributed by atoms with Crippen LogP contribution >= 0.6 is 0 Å². The third kappa shape index (κ3) is 7.93. The molecule has 0 unspecified atom stereocenters. The van der Waals surface area contributed by atoms with Gasteiger partial charge in [-0.25, -0.2) is 0 Å². The van der Waals surface area contributed by atoms with Crippen molar-refractivity contribution in [3.05, 3.63) is 104 Å². The van der Waals surface area contributed by atoms with Crippen molar-refractivity contribution in [1.82, 2.24) is 0 Å². The summed E-state index contributed by atoms with van der Waals surface area (Å²) in [6.45, 7) is 2.01.